The Balaban J connectivity index is 1.69. The third-order valence-corrected chi connectivity index (χ3v) is 5.34. The van der Waals surface area contributed by atoms with Gasteiger partial charge in [-0.2, -0.15) is 11.8 Å². The van der Waals surface area contributed by atoms with Gasteiger partial charge in [0.1, 0.15) is 0 Å². The van der Waals surface area contributed by atoms with Gasteiger partial charge >= 0.3 is 0 Å². The fourth-order valence-electron chi connectivity index (χ4n) is 3.06. The summed E-state index contributed by atoms with van der Waals surface area (Å²) >= 11 is 2.06. The highest BCUT2D eigenvalue weighted by atomic mass is 32.2. The van der Waals surface area contributed by atoms with Crippen LogP contribution in [0.1, 0.15) is 51.9 Å². The van der Waals surface area contributed by atoms with Crippen molar-refractivity contribution >= 4 is 11.8 Å². The minimum absolute atomic E-state index is 0.744. The van der Waals surface area contributed by atoms with Crippen molar-refractivity contribution in [3.05, 3.63) is 0 Å². The molecule has 2 fully saturated rings. The van der Waals surface area contributed by atoms with E-state index in [1.807, 2.05) is 0 Å². The van der Waals surface area contributed by atoms with Gasteiger partial charge < -0.3 is 5.32 Å². The second kappa shape index (κ2) is 5.58. The lowest BCUT2D eigenvalue weighted by Gasteiger charge is -2.31. The van der Waals surface area contributed by atoms with Crippen molar-refractivity contribution in [1.29, 1.82) is 0 Å². The zero-order valence-electron chi connectivity index (χ0n) is 10.2. The number of nitrogens with one attached hydrogen (secondary N) is 1. The SMILES string of the molecule is CSC1CCCC1NC(C)CC1CCC1. The van der Waals surface area contributed by atoms with E-state index >= 15 is 0 Å². The first-order chi connectivity index (χ1) is 7.29. The Morgan fingerprint density at radius 3 is 2.53 bits per heavy atom. The molecule has 2 rings (SSSR count). The molecule has 15 heavy (non-hydrogen) atoms. The number of hydrogen-bond acceptors (Lipinski definition) is 2. The second-order valence-electron chi connectivity index (χ2n) is 5.41. The molecule has 1 nitrogen and oxygen atoms in total. The predicted molar refractivity (Wildman–Crippen MR) is 69.5 cm³/mol. The van der Waals surface area contributed by atoms with E-state index in [0.717, 1.165) is 23.3 Å². The highest BCUT2D eigenvalue weighted by Gasteiger charge is 2.28. The molecule has 88 valence electrons. The minimum atomic E-state index is 0.744. The largest absolute Gasteiger partial charge is 0.310 e. The van der Waals surface area contributed by atoms with Crippen LogP contribution in [0.5, 0.6) is 0 Å². The molecular weight excluding hydrogens is 202 g/mol. The van der Waals surface area contributed by atoms with Gasteiger partial charge in [0.05, 0.1) is 0 Å². The summed E-state index contributed by atoms with van der Waals surface area (Å²) in [5, 5.41) is 4.74. The molecule has 2 aliphatic carbocycles. The molecule has 0 aliphatic heterocycles. The van der Waals surface area contributed by atoms with Crippen molar-refractivity contribution in [3.8, 4) is 0 Å². The molecule has 2 heteroatoms. The molecule has 0 radical (unpaired) electrons. The molecule has 0 saturated heterocycles. The molecule has 0 aromatic carbocycles. The van der Waals surface area contributed by atoms with Gasteiger partial charge in [-0.3, -0.25) is 0 Å². The Labute approximate surface area is 98.8 Å². The summed E-state index contributed by atoms with van der Waals surface area (Å²) in [4.78, 5) is 0. The normalized spacial score (nSPS) is 34.0. The van der Waals surface area contributed by atoms with Gasteiger partial charge in [0, 0.05) is 17.3 Å². The highest BCUT2D eigenvalue weighted by molar-refractivity contribution is 7.99. The average Bonchev–Trinajstić information content (AvgIpc) is 2.59. The Kier molecular flexibility index (Phi) is 4.39. The Hall–Kier alpha value is 0.310. The van der Waals surface area contributed by atoms with Crippen LogP contribution in [0.25, 0.3) is 0 Å². The van der Waals surface area contributed by atoms with E-state index in [0.29, 0.717) is 0 Å². The summed E-state index contributed by atoms with van der Waals surface area (Å²) in [6.45, 7) is 2.38. The molecule has 1 N–H and O–H groups in total. The average molecular weight is 227 g/mol. The fourth-order valence-corrected chi connectivity index (χ4v) is 4.01. The van der Waals surface area contributed by atoms with Gasteiger partial charge in [-0.15, -0.1) is 0 Å². The topological polar surface area (TPSA) is 12.0 Å². The van der Waals surface area contributed by atoms with Crippen LogP contribution < -0.4 is 5.32 Å². The summed E-state index contributed by atoms with van der Waals surface area (Å²) < 4.78 is 0. The standard InChI is InChI=1S/C13H25NS/c1-10(9-11-5-3-6-11)14-12-7-4-8-13(12)15-2/h10-14H,3-9H2,1-2H3. The molecule has 0 aromatic rings. The number of thioether (sulfide) groups is 1. The lowest BCUT2D eigenvalue weighted by molar-refractivity contribution is 0.258. The van der Waals surface area contributed by atoms with Crippen molar-refractivity contribution < 1.29 is 0 Å². The summed E-state index contributed by atoms with van der Waals surface area (Å²) in [5.41, 5.74) is 0. The highest BCUT2D eigenvalue weighted by Crippen LogP contribution is 2.32. The first-order valence-electron chi connectivity index (χ1n) is 6.58. The quantitative estimate of drug-likeness (QED) is 0.772. The zero-order chi connectivity index (χ0) is 10.7. The smallest absolute Gasteiger partial charge is 0.0198 e. The van der Waals surface area contributed by atoms with Crippen LogP contribution in [-0.2, 0) is 0 Å². The summed E-state index contributed by atoms with van der Waals surface area (Å²) in [5.74, 6) is 1.04. The van der Waals surface area contributed by atoms with Crippen LogP contribution >= 0.6 is 11.8 Å². The molecule has 0 spiro atoms. The van der Waals surface area contributed by atoms with Crippen LogP contribution in [-0.4, -0.2) is 23.6 Å². The fraction of sp³-hybridized carbons (Fsp3) is 1.00. The third-order valence-electron chi connectivity index (χ3n) is 4.17. The molecule has 3 unspecified atom stereocenters. The van der Waals surface area contributed by atoms with Crippen molar-refractivity contribution in [2.45, 2.75) is 69.2 Å². The monoisotopic (exact) mass is 227 g/mol. The van der Waals surface area contributed by atoms with E-state index in [-0.39, 0.29) is 0 Å². The molecule has 2 saturated carbocycles. The Bertz CT molecular complexity index is 191. The molecule has 0 amide bonds. The van der Waals surface area contributed by atoms with E-state index in [1.54, 1.807) is 0 Å². The Morgan fingerprint density at radius 2 is 1.93 bits per heavy atom. The number of rotatable bonds is 5. The van der Waals surface area contributed by atoms with Gasteiger partial charge in [-0.05, 0) is 38.4 Å². The van der Waals surface area contributed by atoms with Crippen molar-refractivity contribution in [2.75, 3.05) is 6.26 Å². The maximum absolute atomic E-state index is 3.86. The van der Waals surface area contributed by atoms with Crippen LogP contribution in [0.4, 0.5) is 0 Å². The second-order valence-corrected chi connectivity index (χ2v) is 6.49. The summed E-state index contributed by atoms with van der Waals surface area (Å²) in [7, 11) is 0. The van der Waals surface area contributed by atoms with Crippen LogP contribution in [0.2, 0.25) is 0 Å². The lowest BCUT2D eigenvalue weighted by atomic mass is 9.81. The maximum Gasteiger partial charge on any atom is 0.0198 e. The summed E-state index contributed by atoms with van der Waals surface area (Å²) in [6, 6.07) is 1.54. The predicted octanol–water partition coefficient (Wildman–Crippen LogP) is 3.44. The third kappa shape index (κ3) is 3.13. The van der Waals surface area contributed by atoms with Crippen molar-refractivity contribution in [2.24, 2.45) is 5.92 Å². The van der Waals surface area contributed by atoms with Gasteiger partial charge in [0.2, 0.25) is 0 Å². The van der Waals surface area contributed by atoms with E-state index in [4.69, 9.17) is 0 Å². The van der Waals surface area contributed by atoms with Gasteiger partial charge in [0.15, 0.2) is 0 Å². The van der Waals surface area contributed by atoms with E-state index in [2.05, 4.69) is 30.3 Å². The molecule has 3 atom stereocenters. The van der Waals surface area contributed by atoms with E-state index < -0.39 is 0 Å². The van der Waals surface area contributed by atoms with Gasteiger partial charge in [-0.25, -0.2) is 0 Å². The Morgan fingerprint density at radius 1 is 1.20 bits per heavy atom. The van der Waals surface area contributed by atoms with Gasteiger partial charge in [0.25, 0.3) is 0 Å². The number of hydrogen-bond donors (Lipinski definition) is 1. The van der Waals surface area contributed by atoms with Crippen molar-refractivity contribution in [1.82, 2.24) is 5.32 Å². The molecule has 0 aromatic heterocycles. The molecule has 0 heterocycles. The minimum Gasteiger partial charge on any atom is -0.310 e. The lowest BCUT2D eigenvalue weighted by Crippen LogP contribution is -2.41. The van der Waals surface area contributed by atoms with E-state index in [9.17, 15) is 0 Å². The van der Waals surface area contributed by atoms with Crippen LogP contribution in [0.15, 0.2) is 0 Å². The molecule has 0 bridgehead atoms. The molecular formula is C13H25NS. The molecule has 2 aliphatic rings. The van der Waals surface area contributed by atoms with Crippen LogP contribution in [0, 0.1) is 5.92 Å². The maximum atomic E-state index is 3.86. The van der Waals surface area contributed by atoms with E-state index in [1.165, 1.54) is 44.9 Å². The first kappa shape index (κ1) is 11.8. The van der Waals surface area contributed by atoms with Gasteiger partial charge in [-0.1, -0.05) is 25.7 Å². The van der Waals surface area contributed by atoms with Crippen molar-refractivity contribution in [3.63, 3.8) is 0 Å². The summed E-state index contributed by atoms with van der Waals surface area (Å²) in [6.07, 6.45) is 12.4. The zero-order valence-corrected chi connectivity index (χ0v) is 11.0. The first-order valence-corrected chi connectivity index (χ1v) is 7.87. The van der Waals surface area contributed by atoms with Crippen LogP contribution in [0.3, 0.4) is 0 Å².